The standard InChI is InChI=1S/C17H18ClN3O3/c1-2-19-17(23)21-20-16(22)14-9-8-13(10-15(14)18)24-11-12-6-4-3-5-7-12/h3-10H,2,11H2,1H3,(H,20,22)(H2,19,21,23). The molecule has 6 nitrogen and oxygen atoms in total. The SMILES string of the molecule is CCNC(=O)NNC(=O)c1ccc(OCc2ccccc2)cc1Cl. The molecule has 126 valence electrons. The molecule has 0 spiro atoms. The number of carbonyl (C=O) groups excluding carboxylic acids is 2. The smallest absolute Gasteiger partial charge is 0.333 e. The highest BCUT2D eigenvalue weighted by Gasteiger charge is 2.12. The van der Waals surface area contributed by atoms with Gasteiger partial charge in [0.2, 0.25) is 0 Å². The topological polar surface area (TPSA) is 79.5 Å². The van der Waals surface area contributed by atoms with Gasteiger partial charge in [-0.2, -0.15) is 0 Å². The largest absolute Gasteiger partial charge is 0.489 e. The van der Waals surface area contributed by atoms with E-state index in [1.165, 1.54) is 6.07 Å². The van der Waals surface area contributed by atoms with E-state index in [1.807, 2.05) is 30.3 Å². The number of benzene rings is 2. The molecule has 0 bridgehead atoms. The lowest BCUT2D eigenvalue weighted by Crippen LogP contribution is -2.46. The normalized spacial score (nSPS) is 9.92. The molecule has 7 heteroatoms. The predicted molar refractivity (Wildman–Crippen MR) is 91.9 cm³/mol. The molecule has 0 heterocycles. The Kier molecular flexibility index (Phi) is 6.45. The van der Waals surface area contributed by atoms with E-state index < -0.39 is 11.9 Å². The average Bonchev–Trinajstić information content (AvgIpc) is 2.59. The van der Waals surface area contributed by atoms with E-state index in [4.69, 9.17) is 16.3 Å². The summed E-state index contributed by atoms with van der Waals surface area (Å²) < 4.78 is 5.64. The second kappa shape index (κ2) is 8.79. The third-order valence-electron chi connectivity index (χ3n) is 3.06. The van der Waals surface area contributed by atoms with Crippen molar-refractivity contribution in [2.45, 2.75) is 13.5 Å². The molecule has 3 amide bonds. The van der Waals surface area contributed by atoms with Crippen LogP contribution < -0.4 is 20.9 Å². The minimum absolute atomic E-state index is 0.232. The van der Waals surface area contributed by atoms with Crippen LogP contribution in [0.15, 0.2) is 48.5 Å². The summed E-state index contributed by atoms with van der Waals surface area (Å²) >= 11 is 6.11. The number of carbonyl (C=O) groups is 2. The van der Waals surface area contributed by atoms with Gasteiger partial charge in [-0.1, -0.05) is 41.9 Å². The first-order chi connectivity index (χ1) is 11.6. The van der Waals surface area contributed by atoms with Gasteiger partial charge in [-0.15, -0.1) is 0 Å². The molecule has 2 aromatic carbocycles. The zero-order valence-corrected chi connectivity index (χ0v) is 13.9. The van der Waals surface area contributed by atoms with Gasteiger partial charge in [0.1, 0.15) is 12.4 Å². The number of hydrazine groups is 1. The first-order valence-corrected chi connectivity index (χ1v) is 7.78. The molecule has 0 aliphatic heterocycles. The Morgan fingerprint density at radius 3 is 2.50 bits per heavy atom. The number of hydrogen-bond acceptors (Lipinski definition) is 3. The number of halogens is 1. The van der Waals surface area contributed by atoms with Crippen LogP contribution in [-0.4, -0.2) is 18.5 Å². The van der Waals surface area contributed by atoms with Crippen LogP contribution >= 0.6 is 11.6 Å². The summed E-state index contributed by atoms with van der Waals surface area (Å²) in [4.78, 5) is 23.2. The van der Waals surface area contributed by atoms with E-state index in [0.29, 0.717) is 18.9 Å². The molecule has 24 heavy (non-hydrogen) atoms. The molecule has 0 unspecified atom stereocenters. The molecule has 0 radical (unpaired) electrons. The van der Waals surface area contributed by atoms with Gasteiger partial charge < -0.3 is 10.1 Å². The van der Waals surface area contributed by atoms with Crippen LogP contribution in [0.4, 0.5) is 4.79 Å². The molecule has 3 N–H and O–H groups in total. The van der Waals surface area contributed by atoms with E-state index in [9.17, 15) is 9.59 Å². The minimum atomic E-state index is -0.513. The number of nitrogens with one attached hydrogen (secondary N) is 3. The van der Waals surface area contributed by atoms with Crippen LogP contribution in [0.2, 0.25) is 5.02 Å². The van der Waals surface area contributed by atoms with Gasteiger partial charge in [-0.25, -0.2) is 10.2 Å². The molecule has 0 aliphatic carbocycles. The summed E-state index contributed by atoms with van der Waals surface area (Å²) in [7, 11) is 0. The third kappa shape index (κ3) is 5.17. The molecule has 0 saturated carbocycles. The third-order valence-corrected chi connectivity index (χ3v) is 3.37. The molecule has 0 atom stereocenters. The van der Waals surface area contributed by atoms with Crippen molar-refractivity contribution < 1.29 is 14.3 Å². The van der Waals surface area contributed by atoms with Crippen molar-refractivity contribution in [2.75, 3.05) is 6.54 Å². The van der Waals surface area contributed by atoms with Crippen molar-refractivity contribution >= 4 is 23.5 Å². The molecule has 0 aromatic heterocycles. The summed E-state index contributed by atoms with van der Waals surface area (Å²) in [6.07, 6.45) is 0. The molecular formula is C17H18ClN3O3. The molecule has 2 rings (SSSR count). The van der Waals surface area contributed by atoms with Gasteiger partial charge in [0.15, 0.2) is 0 Å². The second-order valence-corrected chi connectivity index (χ2v) is 5.26. The van der Waals surface area contributed by atoms with E-state index in [-0.39, 0.29) is 10.6 Å². The van der Waals surface area contributed by atoms with Crippen molar-refractivity contribution in [3.8, 4) is 5.75 Å². The van der Waals surface area contributed by atoms with Crippen LogP contribution in [0.5, 0.6) is 5.75 Å². The lowest BCUT2D eigenvalue weighted by molar-refractivity contribution is 0.0936. The Labute approximate surface area is 145 Å². The van der Waals surface area contributed by atoms with Crippen molar-refractivity contribution in [3.63, 3.8) is 0 Å². The summed E-state index contributed by atoms with van der Waals surface area (Å²) in [5.74, 6) is 0.0398. The number of rotatable bonds is 5. The maximum absolute atomic E-state index is 12.0. The molecule has 0 saturated heterocycles. The summed E-state index contributed by atoms with van der Waals surface area (Å²) in [6, 6.07) is 14.0. The Morgan fingerprint density at radius 1 is 1.08 bits per heavy atom. The van der Waals surface area contributed by atoms with Crippen molar-refractivity contribution in [2.24, 2.45) is 0 Å². The van der Waals surface area contributed by atoms with Crippen molar-refractivity contribution in [1.29, 1.82) is 0 Å². The van der Waals surface area contributed by atoms with E-state index in [1.54, 1.807) is 19.1 Å². The molecule has 0 aliphatic rings. The van der Waals surface area contributed by atoms with Gasteiger partial charge in [0, 0.05) is 6.54 Å². The van der Waals surface area contributed by atoms with Crippen LogP contribution in [0.3, 0.4) is 0 Å². The van der Waals surface area contributed by atoms with E-state index in [2.05, 4.69) is 16.2 Å². The fourth-order valence-corrected chi connectivity index (χ4v) is 2.15. The first-order valence-electron chi connectivity index (χ1n) is 7.40. The minimum Gasteiger partial charge on any atom is -0.489 e. The maximum atomic E-state index is 12.0. The zero-order valence-electron chi connectivity index (χ0n) is 13.1. The predicted octanol–water partition coefficient (Wildman–Crippen LogP) is 2.88. The first kappa shape index (κ1) is 17.6. The quantitative estimate of drug-likeness (QED) is 0.728. The lowest BCUT2D eigenvalue weighted by atomic mass is 10.2. The Bertz CT molecular complexity index is 707. The van der Waals surface area contributed by atoms with Crippen molar-refractivity contribution in [3.05, 3.63) is 64.7 Å². The Balaban J connectivity index is 1.93. The molecule has 0 fully saturated rings. The van der Waals surface area contributed by atoms with E-state index in [0.717, 1.165) is 5.56 Å². The average molecular weight is 348 g/mol. The van der Waals surface area contributed by atoms with Crippen LogP contribution in [-0.2, 0) is 6.61 Å². The second-order valence-electron chi connectivity index (χ2n) is 4.85. The van der Waals surface area contributed by atoms with Gasteiger partial charge in [-0.3, -0.25) is 10.2 Å². The van der Waals surface area contributed by atoms with Gasteiger partial charge in [-0.05, 0) is 30.7 Å². The fourth-order valence-electron chi connectivity index (χ4n) is 1.90. The summed E-state index contributed by atoms with van der Waals surface area (Å²) in [5.41, 5.74) is 5.77. The zero-order chi connectivity index (χ0) is 17.4. The number of hydrogen-bond donors (Lipinski definition) is 3. The molecule has 2 aromatic rings. The highest BCUT2D eigenvalue weighted by Crippen LogP contribution is 2.23. The van der Waals surface area contributed by atoms with Crippen molar-refractivity contribution in [1.82, 2.24) is 16.2 Å². The van der Waals surface area contributed by atoms with Crippen LogP contribution in [0.1, 0.15) is 22.8 Å². The highest BCUT2D eigenvalue weighted by molar-refractivity contribution is 6.34. The van der Waals surface area contributed by atoms with E-state index >= 15 is 0 Å². The molecular weight excluding hydrogens is 330 g/mol. The van der Waals surface area contributed by atoms with Crippen LogP contribution in [0.25, 0.3) is 0 Å². The summed E-state index contributed by atoms with van der Waals surface area (Å²) in [5, 5.41) is 2.72. The van der Waals surface area contributed by atoms with Gasteiger partial charge in [0.05, 0.1) is 10.6 Å². The fraction of sp³-hybridized carbons (Fsp3) is 0.176. The lowest BCUT2D eigenvalue weighted by Gasteiger charge is -2.11. The van der Waals surface area contributed by atoms with Gasteiger partial charge in [0.25, 0.3) is 5.91 Å². The number of urea groups is 1. The Hall–Kier alpha value is -2.73. The number of amides is 3. The monoisotopic (exact) mass is 347 g/mol. The maximum Gasteiger partial charge on any atom is 0.333 e. The number of ether oxygens (including phenoxy) is 1. The Morgan fingerprint density at radius 2 is 1.83 bits per heavy atom. The van der Waals surface area contributed by atoms with Gasteiger partial charge >= 0.3 is 6.03 Å². The summed E-state index contributed by atoms with van der Waals surface area (Å²) in [6.45, 7) is 2.63. The highest BCUT2D eigenvalue weighted by atomic mass is 35.5. The van der Waals surface area contributed by atoms with Crippen LogP contribution in [0, 0.1) is 0 Å².